The van der Waals surface area contributed by atoms with Crippen LogP contribution in [-0.2, 0) is 0 Å². The molecular formula is C18H21ClN4O. The highest BCUT2D eigenvalue weighted by molar-refractivity contribution is 6.28. The molecule has 0 atom stereocenters. The standard InChI is InChI=1S/C18H21ClN4O/c1-11-6-5-7-12(2)15(11)22-17(24)14-10-20-18(19)23-16(14)21-13-8-3-4-9-13/h5-7,10,13H,3-4,8-9H2,1-2H3,(H,22,24)(H,20,21,23). The van der Waals surface area contributed by atoms with Gasteiger partial charge in [0.2, 0.25) is 5.28 Å². The van der Waals surface area contributed by atoms with Gasteiger partial charge in [-0.15, -0.1) is 0 Å². The van der Waals surface area contributed by atoms with Crippen LogP contribution < -0.4 is 10.6 Å². The van der Waals surface area contributed by atoms with Gasteiger partial charge in [-0.05, 0) is 49.4 Å². The summed E-state index contributed by atoms with van der Waals surface area (Å²) in [4.78, 5) is 21.0. The van der Waals surface area contributed by atoms with Crippen LogP contribution in [0.5, 0.6) is 0 Å². The molecule has 3 rings (SSSR count). The molecule has 1 aliphatic carbocycles. The van der Waals surface area contributed by atoms with Crippen molar-refractivity contribution in [1.29, 1.82) is 0 Å². The van der Waals surface area contributed by atoms with Crippen LogP contribution in [0.3, 0.4) is 0 Å². The van der Waals surface area contributed by atoms with Gasteiger partial charge in [-0.1, -0.05) is 31.0 Å². The summed E-state index contributed by atoms with van der Waals surface area (Å²) >= 11 is 5.92. The monoisotopic (exact) mass is 344 g/mol. The van der Waals surface area contributed by atoms with E-state index in [1.807, 2.05) is 32.0 Å². The third-order valence-electron chi connectivity index (χ3n) is 4.42. The fraction of sp³-hybridized carbons (Fsp3) is 0.389. The van der Waals surface area contributed by atoms with E-state index in [4.69, 9.17) is 11.6 Å². The molecule has 24 heavy (non-hydrogen) atoms. The molecule has 2 N–H and O–H groups in total. The van der Waals surface area contributed by atoms with Gasteiger partial charge in [0.05, 0.1) is 0 Å². The van der Waals surface area contributed by atoms with Crippen LogP contribution in [0.1, 0.15) is 47.2 Å². The van der Waals surface area contributed by atoms with Gasteiger partial charge in [0.25, 0.3) is 5.91 Å². The summed E-state index contributed by atoms with van der Waals surface area (Å²) in [6.45, 7) is 3.94. The minimum absolute atomic E-state index is 0.138. The van der Waals surface area contributed by atoms with E-state index >= 15 is 0 Å². The van der Waals surface area contributed by atoms with Crippen molar-refractivity contribution in [3.05, 3.63) is 46.4 Å². The first-order chi connectivity index (χ1) is 11.5. The van der Waals surface area contributed by atoms with Crippen LogP contribution in [0.25, 0.3) is 0 Å². The number of aryl methyl sites for hydroxylation is 2. The lowest BCUT2D eigenvalue weighted by Gasteiger charge is -2.17. The Morgan fingerprint density at radius 2 is 1.88 bits per heavy atom. The van der Waals surface area contributed by atoms with Gasteiger partial charge in [0, 0.05) is 17.9 Å². The van der Waals surface area contributed by atoms with E-state index in [2.05, 4.69) is 20.6 Å². The lowest BCUT2D eigenvalue weighted by Crippen LogP contribution is -2.21. The van der Waals surface area contributed by atoms with E-state index < -0.39 is 0 Å². The maximum Gasteiger partial charge on any atom is 0.261 e. The summed E-state index contributed by atoms with van der Waals surface area (Å²) in [6, 6.07) is 6.25. The third-order valence-corrected chi connectivity index (χ3v) is 4.60. The zero-order valence-corrected chi connectivity index (χ0v) is 14.7. The van der Waals surface area contributed by atoms with Crippen molar-refractivity contribution in [2.24, 2.45) is 0 Å². The highest BCUT2D eigenvalue weighted by Gasteiger charge is 2.21. The fourth-order valence-corrected chi connectivity index (χ4v) is 3.23. The summed E-state index contributed by atoms with van der Waals surface area (Å²) in [5.41, 5.74) is 3.27. The number of para-hydroxylation sites is 1. The molecule has 1 fully saturated rings. The average Bonchev–Trinajstić information content (AvgIpc) is 3.04. The normalized spacial score (nSPS) is 14.6. The maximum atomic E-state index is 12.8. The molecule has 1 aromatic heterocycles. The Kier molecular flexibility index (Phi) is 5.00. The topological polar surface area (TPSA) is 66.9 Å². The van der Waals surface area contributed by atoms with Crippen LogP contribution in [0, 0.1) is 13.8 Å². The van der Waals surface area contributed by atoms with Crippen molar-refractivity contribution in [3.8, 4) is 0 Å². The number of halogens is 1. The number of nitrogens with zero attached hydrogens (tertiary/aromatic N) is 2. The van der Waals surface area contributed by atoms with Crippen molar-refractivity contribution in [3.63, 3.8) is 0 Å². The van der Waals surface area contributed by atoms with Gasteiger partial charge in [-0.2, -0.15) is 4.98 Å². The number of amides is 1. The highest BCUT2D eigenvalue weighted by atomic mass is 35.5. The maximum absolute atomic E-state index is 12.8. The van der Waals surface area contributed by atoms with Gasteiger partial charge in [0.15, 0.2) is 0 Å². The number of hydrogen-bond donors (Lipinski definition) is 2. The van der Waals surface area contributed by atoms with Crippen LogP contribution in [0.15, 0.2) is 24.4 Å². The van der Waals surface area contributed by atoms with Crippen molar-refractivity contribution in [1.82, 2.24) is 9.97 Å². The second kappa shape index (κ2) is 7.18. The van der Waals surface area contributed by atoms with Gasteiger partial charge in [-0.3, -0.25) is 4.79 Å². The Bertz CT molecular complexity index is 736. The predicted molar refractivity (Wildman–Crippen MR) is 96.8 cm³/mol. The molecule has 0 spiro atoms. The van der Waals surface area contributed by atoms with Gasteiger partial charge in [0.1, 0.15) is 11.4 Å². The number of anilines is 2. The van der Waals surface area contributed by atoms with E-state index in [9.17, 15) is 4.79 Å². The first-order valence-electron chi connectivity index (χ1n) is 8.21. The molecular weight excluding hydrogens is 324 g/mol. The van der Waals surface area contributed by atoms with Gasteiger partial charge in [-0.25, -0.2) is 4.98 Å². The second-order valence-electron chi connectivity index (χ2n) is 6.25. The van der Waals surface area contributed by atoms with E-state index in [-0.39, 0.29) is 11.2 Å². The van der Waals surface area contributed by atoms with Crippen LogP contribution in [0.4, 0.5) is 11.5 Å². The molecule has 1 aromatic carbocycles. The van der Waals surface area contributed by atoms with E-state index in [1.165, 1.54) is 19.0 Å². The number of carbonyl (C=O) groups is 1. The second-order valence-corrected chi connectivity index (χ2v) is 6.59. The Hall–Kier alpha value is -2.14. The summed E-state index contributed by atoms with van der Waals surface area (Å²) in [7, 11) is 0. The average molecular weight is 345 g/mol. The minimum Gasteiger partial charge on any atom is -0.367 e. The third kappa shape index (κ3) is 3.67. The van der Waals surface area contributed by atoms with Crippen molar-refractivity contribution >= 4 is 29.0 Å². The van der Waals surface area contributed by atoms with Crippen molar-refractivity contribution < 1.29 is 4.79 Å². The van der Waals surface area contributed by atoms with Gasteiger partial charge < -0.3 is 10.6 Å². The Balaban J connectivity index is 1.86. The molecule has 5 nitrogen and oxygen atoms in total. The molecule has 1 aliphatic rings. The van der Waals surface area contributed by atoms with Crippen molar-refractivity contribution in [2.75, 3.05) is 10.6 Å². The Labute approximate surface area is 146 Å². The molecule has 1 saturated carbocycles. The molecule has 126 valence electrons. The van der Waals surface area contributed by atoms with E-state index in [0.717, 1.165) is 29.7 Å². The SMILES string of the molecule is Cc1cccc(C)c1NC(=O)c1cnc(Cl)nc1NC1CCCC1. The van der Waals surface area contributed by atoms with Crippen LogP contribution in [-0.4, -0.2) is 21.9 Å². The smallest absolute Gasteiger partial charge is 0.261 e. The number of rotatable bonds is 4. The number of hydrogen-bond acceptors (Lipinski definition) is 4. The molecule has 2 aromatic rings. The molecule has 0 aliphatic heterocycles. The first-order valence-corrected chi connectivity index (χ1v) is 8.59. The molecule has 0 unspecified atom stereocenters. The van der Waals surface area contributed by atoms with Crippen LogP contribution >= 0.6 is 11.6 Å². The van der Waals surface area contributed by atoms with E-state index in [0.29, 0.717) is 17.4 Å². The molecule has 1 amide bonds. The lowest BCUT2D eigenvalue weighted by atomic mass is 10.1. The highest BCUT2D eigenvalue weighted by Crippen LogP contribution is 2.25. The van der Waals surface area contributed by atoms with Crippen LogP contribution in [0.2, 0.25) is 5.28 Å². The lowest BCUT2D eigenvalue weighted by molar-refractivity contribution is 0.102. The quantitative estimate of drug-likeness (QED) is 0.809. The summed E-state index contributed by atoms with van der Waals surface area (Å²) in [5, 5.41) is 6.47. The molecule has 0 bridgehead atoms. The number of nitrogens with one attached hydrogen (secondary N) is 2. The summed E-state index contributed by atoms with van der Waals surface area (Å²) in [6.07, 6.45) is 6.04. The fourth-order valence-electron chi connectivity index (χ4n) is 3.09. The summed E-state index contributed by atoms with van der Waals surface area (Å²) in [5.74, 6) is 0.273. The molecule has 6 heteroatoms. The predicted octanol–water partition coefficient (Wildman–Crippen LogP) is 4.35. The molecule has 0 radical (unpaired) electrons. The Morgan fingerprint density at radius 1 is 1.21 bits per heavy atom. The summed E-state index contributed by atoms with van der Waals surface area (Å²) < 4.78 is 0. The minimum atomic E-state index is -0.232. The zero-order valence-electron chi connectivity index (χ0n) is 13.9. The van der Waals surface area contributed by atoms with Gasteiger partial charge >= 0.3 is 0 Å². The van der Waals surface area contributed by atoms with E-state index in [1.54, 1.807) is 0 Å². The number of carbonyl (C=O) groups excluding carboxylic acids is 1. The molecule has 1 heterocycles. The number of aromatic nitrogens is 2. The largest absolute Gasteiger partial charge is 0.367 e. The zero-order chi connectivity index (χ0) is 17.1. The number of benzene rings is 1. The first kappa shape index (κ1) is 16.7. The Morgan fingerprint density at radius 3 is 2.54 bits per heavy atom. The molecule has 0 saturated heterocycles. The van der Waals surface area contributed by atoms with Crippen molar-refractivity contribution in [2.45, 2.75) is 45.6 Å².